The zero-order valence-corrected chi connectivity index (χ0v) is 9.55. The highest BCUT2D eigenvalue weighted by atomic mass is 79.9. The van der Waals surface area contributed by atoms with Gasteiger partial charge in [-0.15, -0.1) is 0 Å². The second-order valence-electron chi connectivity index (χ2n) is 2.97. The first kappa shape index (κ1) is 11.5. The van der Waals surface area contributed by atoms with Crippen molar-refractivity contribution in [3.05, 3.63) is 28.2 Å². The van der Waals surface area contributed by atoms with Crippen LogP contribution in [0.3, 0.4) is 0 Å². The van der Waals surface area contributed by atoms with Crippen LogP contribution in [0.2, 0.25) is 0 Å². The fourth-order valence-corrected chi connectivity index (χ4v) is 1.60. The Balaban J connectivity index is 2.95. The zero-order valence-electron chi connectivity index (χ0n) is 7.97. The molecule has 0 aliphatic carbocycles. The molecule has 0 aromatic heterocycles. The van der Waals surface area contributed by atoms with E-state index in [0.717, 1.165) is 10.0 Å². The molecule has 0 heterocycles. The van der Waals surface area contributed by atoms with Gasteiger partial charge < -0.3 is 10.5 Å². The minimum absolute atomic E-state index is 0.303. The molecule has 0 fully saturated rings. The molecular weight excluding hydrogens is 249 g/mol. The summed E-state index contributed by atoms with van der Waals surface area (Å²) in [6, 6.07) is 5.25. The number of alkyl halides is 1. The fraction of sp³-hybridized carbons (Fsp3) is 0.400. The van der Waals surface area contributed by atoms with Gasteiger partial charge in [-0.3, -0.25) is 4.39 Å². The summed E-state index contributed by atoms with van der Waals surface area (Å²) < 4.78 is 18.2. The van der Waals surface area contributed by atoms with Crippen molar-refractivity contribution in [2.75, 3.05) is 13.8 Å². The SMILES string of the molecule is COc1cc(Br)ccc1[C@H](N)CCF. The van der Waals surface area contributed by atoms with E-state index in [9.17, 15) is 4.39 Å². The van der Waals surface area contributed by atoms with Gasteiger partial charge in [0.2, 0.25) is 0 Å². The molecule has 1 rings (SSSR count). The van der Waals surface area contributed by atoms with Crippen molar-refractivity contribution in [1.82, 2.24) is 0 Å². The molecule has 0 bridgehead atoms. The lowest BCUT2D eigenvalue weighted by atomic mass is 10.0. The monoisotopic (exact) mass is 261 g/mol. The van der Waals surface area contributed by atoms with Crippen molar-refractivity contribution < 1.29 is 9.13 Å². The second-order valence-corrected chi connectivity index (χ2v) is 3.89. The van der Waals surface area contributed by atoms with Crippen molar-refractivity contribution in [3.8, 4) is 5.75 Å². The lowest BCUT2D eigenvalue weighted by Gasteiger charge is -2.14. The molecule has 0 saturated carbocycles. The van der Waals surface area contributed by atoms with Crippen LogP contribution in [0.15, 0.2) is 22.7 Å². The van der Waals surface area contributed by atoms with Gasteiger partial charge >= 0.3 is 0 Å². The fourth-order valence-electron chi connectivity index (χ4n) is 1.26. The number of rotatable bonds is 4. The smallest absolute Gasteiger partial charge is 0.124 e. The minimum Gasteiger partial charge on any atom is -0.496 e. The Kier molecular flexibility index (Phi) is 4.35. The van der Waals surface area contributed by atoms with Crippen LogP contribution in [-0.4, -0.2) is 13.8 Å². The molecule has 2 nitrogen and oxygen atoms in total. The van der Waals surface area contributed by atoms with Crippen LogP contribution in [0.4, 0.5) is 4.39 Å². The number of methoxy groups -OCH3 is 1. The van der Waals surface area contributed by atoms with E-state index in [1.807, 2.05) is 18.2 Å². The molecule has 0 amide bonds. The molecule has 0 saturated heterocycles. The molecule has 0 spiro atoms. The molecule has 0 aliphatic rings. The van der Waals surface area contributed by atoms with Gasteiger partial charge in [0, 0.05) is 16.1 Å². The topological polar surface area (TPSA) is 35.2 Å². The third-order valence-electron chi connectivity index (χ3n) is 2.02. The van der Waals surface area contributed by atoms with E-state index in [0.29, 0.717) is 12.2 Å². The minimum atomic E-state index is -0.416. The normalized spacial score (nSPS) is 12.6. The van der Waals surface area contributed by atoms with Gasteiger partial charge in [-0.25, -0.2) is 0 Å². The first-order valence-corrected chi connectivity index (χ1v) is 5.13. The van der Waals surface area contributed by atoms with Crippen LogP contribution in [-0.2, 0) is 0 Å². The number of benzene rings is 1. The van der Waals surface area contributed by atoms with Crippen molar-refractivity contribution in [3.63, 3.8) is 0 Å². The average molecular weight is 262 g/mol. The summed E-state index contributed by atoms with van der Waals surface area (Å²) in [5, 5.41) is 0. The number of halogens is 2. The Labute approximate surface area is 91.4 Å². The van der Waals surface area contributed by atoms with Crippen LogP contribution < -0.4 is 10.5 Å². The Morgan fingerprint density at radius 2 is 2.29 bits per heavy atom. The van der Waals surface area contributed by atoms with Crippen molar-refractivity contribution in [2.45, 2.75) is 12.5 Å². The van der Waals surface area contributed by atoms with E-state index in [1.165, 1.54) is 0 Å². The highest BCUT2D eigenvalue weighted by Gasteiger charge is 2.11. The Morgan fingerprint density at radius 1 is 1.57 bits per heavy atom. The number of hydrogen-bond donors (Lipinski definition) is 1. The Bertz CT molecular complexity index is 306. The van der Waals surface area contributed by atoms with Crippen LogP contribution in [0, 0.1) is 0 Å². The standard InChI is InChI=1S/C10H13BrFNO/c1-14-10-6-7(11)2-3-8(10)9(13)4-5-12/h2-3,6,9H,4-5,13H2,1H3/t9-/m1/s1. The zero-order chi connectivity index (χ0) is 10.6. The molecule has 4 heteroatoms. The van der Waals surface area contributed by atoms with E-state index >= 15 is 0 Å². The van der Waals surface area contributed by atoms with Crippen molar-refractivity contribution in [1.29, 1.82) is 0 Å². The third kappa shape index (κ3) is 2.69. The summed E-state index contributed by atoms with van der Waals surface area (Å²) in [6.45, 7) is -0.416. The van der Waals surface area contributed by atoms with Gasteiger partial charge in [0.15, 0.2) is 0 Å². The number of nitrogens with two attached hydrogens (primary N) is 1. The van der Waals surface area contributed by atoms with Gasteiger partial charge in [-0.05, 0) is 18.6 Å². The van der Waals surface area contributed by atoms with Gasteiger partial charge in [0.05, 0.1) is 13.8 Å². The van der Waals surface area contributed by atoms with E-state index in [1.54, 1.807) is 7.11 Å². The highest BCUT2D eigenvalue weighted by Crippen LogP contribution is 2.28. The Morgan fingerprint density at radius 3 is 2.86 bits per heavy atom. The Hall–Kier alpha value is -0.610. The highest BCUT2D eigenvalue weighted by molar-refractivity contribution is 9.10. The molecule has 1 aromatic carbocycles. The molecule has 0 aliphatic heterocycles. The first-order valence-electron chi connectivity index (χ1n) is 4.34. The second kappa shape index (κ2) is 5.32. The van der Waals surface area contributed by atoms with Gasteiger partial charge in [-0.1, -0.05) is 22.0 Å². The number of hydrogen-bond acceptors (Lipinski definition) is 2. The largest absolute Gasteiger partial charge is 0.496 e. The third-order valence-corrected chi connectivity index (χ3v) is 2.51. The summed E-state index contributed by atoms with van der Waals surface area (Å²) in [4.78, 5) is 0. The van der Waals surface area contributed by atoms with E-state index < -0.39 is 6.67 Å². The van der Waals surface area contributed by atoms with E-state index in [2.05, 4.69) is 15.9 Å². The maximum absolute atomic E-state index is 12.1. The molecule has 2 N–H and O–H groups in total. The quantitative estimate of drug-likeness (QED) is 0.905. The van der Waals surface area contributed by atoms with Gasteiger partial charge in [-0.2, -0.15) is 0 Å². The van der Waals surface area contributed by atoms with Crippen LogP contribution in [0.1, 0.15) is 18.0 Å². The van der Waals surface area contributed by atoms with Crippen molar-refractivity contribution >= 4 is 15.9 Å². The molecular formula is C10H13BrFNO. The average Bonchev–Trinajstić information content (AvgIpc) is 2.17. The van der Waals surface area contributed by atoms with Gasteiger partial charge in [0.25, 0.3) is 0 Å². The molecule has 1 atom stereocenters. The van der Waals surface area contributed by atoms with Crippen molar-refractivity contribution in [2.24, 2.45) is 5.73 Å². The maximum atomic E-state index is 12.1. The number of ether oxygens (including phenoxy) is 1. The summed E-state index contributed by atoms with van der Waals surface area (Å²) in [6.07, 6.45) is 0.317. The summed E-state index contributed by atoms with van der Waals surface area (Å²) in [5.74, 6) is 0.695. The summed E-state index contributed by atoms with van der Waals surface area (Å²) in [5.41, 5.74) is 6.64. The maximum Gasteiger partial charge on any atom is 0.124 e. The van der Waals surface area contributed by atoms with Crippen LogP contribution in [0.5, 0.6) is 5.75 Å². The molecule has 78 valence electrons. The lowest BCUT2D eigenvalue weighted by Crippen LogP contribution is -2.12. The summed E-state index contributed by atoms with van der Waals surface area (Å²) in [7, 11) is 1.58. The molecule has 0 radical (unpaired) electrons. The predicted octanol–water partition coefficient (Wildman–Crippen LogP) is 2.82. The molecule has 0 unspecified atom stereocenters. The van der Waals surface area contributed by atoms with Crippen LogP contribution >= 0.6 is 15.9 Å². The molecule has 1 aromatic rings. The summed E-state index contributed by atoms with van der Waals surface area (Å²) >= 11 is 3.33. The van der Waals surface area contributed by atoms with E-state index in [4.69, 9.17) is 10.5 Å². The molecule has 14 heavy (non-hydrogen) atoms. The van der Waals surface area contributed by atoms with Crippen LogP contribution in [0.25, 0.3) is 0 Å². The first-order chi connectivity index (χ1) is 6.69. The lowest BCUT2D eigenvalue weighted by molar-refractivity contribution is 0.395. The predicted molar refractivity (Wildman–Crippen MR) is 58.2 cm³/mol. The van der Waals surface area contributed by atoms with E-state index in [-0.39, 0.29) is 6.04 Å². The van der Waals surface area contributed by atoms with Gasteiger partial charge in [0.1, 0.15) is 5.75 Å².